The third-order valence-corrected chi connectivity index (χ3v) is 4.55. The van der Waals surface area contributed by atoms with Crippen LogP contribution in [0.3, 0.4) is 0 Å². The van der Waals surface area contributed by atoms with Crippen LogP contribution in [0.15, 0.2) is 60.8 Å². The Kier molecular flexibility index (Phi) is 3.08. The van der Waals surface area contributed by atoms with E-state index >= 15 is 0 Å². The molecule has 0 saturated carbocycles. The number of hydrogen-bond donors (Lipinski definition) is 0. The Morgan fingerprint density at radius 1 is 0.870 bits per heavy atom. The van der Waals surface area contributed by atoms with E-state index in [9.17, 15) is 0 Å². The van der Waals surface area contributed by atoms with Gasteiger partial charge in [-0.2, -0.15) is 0 Å². The standard InChI is InChI=1S/C20H19N3/c1-14-12-16(10-11-21-14)22(2)15-8-9-20-18(13-15)17-6-4-5-7-19(17)23(20)3/h4-13H,1-3H3. The number of pyridine rings is 1. The smallest absolute Gasteiger partial charge is 0.0490 e. The first-order valence-corrected chi connectivity index (χ1v) is 7.79. The molecule has 0 aliphatic rings. The molecule has 4 rings (SSSR count). The Labute approximate surface area is 135 Å². The fourth-order valence-electron chi connectivity index (χ4n) is 3.25. The Bertz CT molecular complexity index is 1010. The second kappa shape index (κ2) is 5.13. The number of aromatic nitrogens is 2. The molecular formula is C20H19N3. The van der Waals surface area contributed by atoms with Gasteiger partial charge in [-0.3, -0.25) is 4.98 Å². The highest BCUT2D eigenvalue weighted by atomic mass is 15.1. The maximum Gasteiger partial charge on any atom is 0.0490 e. The molecule has 23 heavy (non-hydrogen) atoms. The molecule has 0 amide bonds. The molecule has 0 spiro atoms. The van der Waals surface area contributed by atoms with Crippen LogP contribution in [-0.4, -0.2) is 16.6 Å². The van der Waals surface area contributed by atoms with Crippen LogP contribution in [0.1, 0.15) is 5.69 Å². The Morgan fingerprint density at radius 3 is 2.43 bits per heavy atom. The zero-order chi connectivity index (χ0) is 16.0. The predicted octanol–water partition coefficient (Wildman–Crippen LogP) is 4.80. The van der Waals surface area contributed by atoms with E-state index < -0.39 is 0 Å². The van der Waals surface area contributed by atoms with Gasteiger partial charge in [0.1, 0.15) is 0 Å². The van der Waals surface area contributed by atoms with Gasteiger partial charge in [0.2, 0.25) is 0 Å². The van der Waals surface area contributed by atoms with Gasteiger partial charge < -0.3 is 9.47 Å². The lowest BCUT2D eigenvalue weighted by molar-refractivity contribution is 1.01. The van der Waals surface area contributed by atoms with E-state index in [-0.39, 0.29) is 0 Å². The van der Waals surface area contributed by atoms with Gasteiger partial charge in [0, 0.05) is 59.2 Å². The quantitative estimate of drug-likeness (QED) is 0.530. The number of hydrogen-bond acceptors (Lipinski definition) is 2. The summed E-state index contributed by atoms with van der Waals surface area (Å²) in [6.07, 6.45) is 1.86. The van der Waals surface area contributed by atoms with Crippen molar-refractivity contribution in [1.82, 2.24) is 9.55 Å². The summed E-state index contributed by atoms with van der Waals surface area (Å²) < 4.78 is 2.25. The van der Waals surface area contributed by atoms with Gasteiger partial charge in [0.05, 0.1) is 0 Å². The Hall–Kier alpha value is -2.81. The van der Waals surface area contributed by atoms with Gasteiger partial charge in [-0.15, -0.1) is 0 Å². The first-order valence-electron chi connectivity index (χ1n) is 7.79. The molecule has 0 aliphatic carbocycles. The number of rotatable bonds is 2. The summed E-state index contributed by atoms with van der Waals surface area (Å²) in [5, 5.41) is 2.59. The average molecular weight is 301 g/mol. The summed E-state index contributed by atoms with van der Waals surface area (Å²) in [5.74, 6) is 0. The number of para-hydroxylation sites is 1. The average Bonchev–Trinajstić information content (AvgIpc) is 2.87. The molecule has 3 nitrogen and oxygen atoms in total. The lowest BCUT2D eigenvalue weighted by atomic mass is 10.1. The minimum atomic E-state index is 1.03. The molecule has 0 radical (unpaired) electrons. The monoisotopic (exact) mass is 301 g/mol. The summed E-state index contributed by atoms with van der Waals surface area (Å²) >= 11 is 0. The third kappa shape index (κ3) is 2.16. The topological polar surface area (TPSA) is 21.1 Å². The van der Waals surface area contributed by atoms with E-state index in [2.05, 4.69) is 77.1 Å². The third-order valence-electron chi connectivity index (χ3n) is 4.55. The van der Waals surface area contributed by atoms with E-state index in [1.165, 1.54) is 27.5 Å². The van der Waals surface area contributed by atoms with E-state index in [0.717, 1.165) is 11.4 Å². The number of aryl methyl sites for hydroxylation is 2. The van der Waals surface area contributed by atoms with Gasteiger partial charge in [-0.25, -0.2) is 0 Å². The van der Waals surface area contributed by atoms with Crippen LogP contribution in [-0.2, 0) is 7.05 Å². The molecule has 0 unspecified atom stereocenters. The number of benzene rings is 2. The highest BCUT2D eigenvalue weighted by molar-refractivity contribution is 6.09. The Morgan fingerprint density at radius 2 is 1.61 bits per heavy atom. The van der Waals surface area contributed by atoms with Gasteiger partial charge >= 0.3 is 0 Å². The lowest BCUT2D eigenvalue weighted by Crippen LogP contribution is -2.09. The van der Waals surface area contributed by atoms with E-state index in [1.807, 2.05) is 19.2 Å². The minimum absolute atomic E-state index is 1.03. The SMILES string of the molecule is Cc1cc(N(C)c2ccc3c(c2)c2ccccc2n3C)ccn1. The van der Waals surface area contributed by atoms with Crippen LogP contribution in [0.2, 0.25) is 0 Å². The molecule has 2 heterocycles. The van der Waals surface area contributed by atoms with Gasteiger partial charge in [-0.05, 0) is 43.3 Å². The highest BCUT2D eigenvalue weighted by Crippen LogP contribution is 2.32. The van der Waals surface area contributed by atoms with Crippen molar-refractivity contribution in [3.05, 3.63) is 66.5 Å². The fraction of sp³-hybridized carbons (Fsp3) is 0.150. The zero-order valence-corrected chi connectivity index (χ0v) is 13.6. The van der Waals surface area contributed by atoms with Gasteiger partial charge in [0.15, 0.2) is 0 Å². The largest absolute Gasteiger partial charge is 0.345 e. The molecular weight excluding hydrogens is 282 g/mol. The summed E-state index contributed by atoms with van der Waals surface area (Å²) in [6.45, 7) is 2.02. The van der Waals surface area contributed by atoms with Crippen molar-refractivity contribution in [1.29, 1.82) is 0 Å². The van der Waals surface area contributed by atoms with Crippen LogP contribution in [0.4, 0.5) is 11.4 Å². The van der Waals surface area contributed by atoms with Crippen LogP contribution in [0, 0.1) is 6.92 Å². The van der Waals surface area contributed by atoms with Crippen molar-refractivity contribution in [2.24, 2.45) is 7.05 Å². The molecule has 0 saturated heterocycles. The van der Waals surface area contributed by atoms with Crippen LogP contribution in [0.5, 0.6) is 0 Å². The van der Waals surface area contributed by atoms with Crippen LogP contribution >= 0.6 is 0 Å². The molecule has 4 aromatic rings. The summed E-state index contributed by atoms with van der Waals surface area (Å²) in [7, 11) is 4.22. The normalized spacial score (nSPS) is 11.3. The van der Waals surface area contributed by atoms with E-state index in [4.69, 9.17) is 0 Å². The van der Waals surface area contributed by atoms with Crippen molar-refractivity contribution in [3.8, 4) is 0 Å². The maximum absolute atomic E-state index is 4.28. The van der Waals surface area contributed by atoms with E-state index in [1.54, 1.807) is 0 Å². The van der Waals surface area contributed by atoms with Crippen molar-refractivity contribution in [2.45, 2.75) is 6.92 Å². The second-order valence-electron chi connectivity index (χ2n) is 5.99. The molecule has 0 bridgehead atoms. The number of nitrogens with zero attached hydrogens (tertiary/aromatic N) is 3. The molecule has 0 aliphatic heterocycles. The van der Waals surface area contributed by atoms with Crippen LogP contribution in [0.25, 0.3) is 21.8 Å². The lowest BCUT2D eigenvalue weighted by Gasteiger charge is -2.20. The molecule has 0 fully saturated rings. The molecule has 2 aromatic heterocycles. The minimum Gasteiger partial charge on any atom is -0.345 e. The molecule has 3 heteroatoms. The fourth-order valence-corrected chi connectivity index (χ4v) is 3.25. The first kappa shape index (κ1) is 13.8. The summed E-state index contributed by atoms with van der Waals surface area (Å²) in [5.41, 5.74) is 5.88. The molecule has 114 valence electrons. The maximum atomic E-state index is 4.28. The van der Waals surface area contributed by atoms with Gasteiger partial charge in [-0.1, -0.05) is 18.2 Å². The molecule has 2 aromatic carbocycles. The predicted molar refractivity (Wildman–Crippen MR) is 97.5 cm³/mol. The molecule has 0 atom stereocenters. The van der Waals surface area contributed by atoms with Crippen molar-refractivity contribution < 1.29 is 0 Å². The van der Waals surface area contributed by atoms with Gasteiger partial charge in [0.25, 0.3) is 0 Å². The highest BCUT2D eigenvalue weighted by Gasteiger charge is 2.10. The van der Waals surface area contributed by atoms with Crippen LogP contribution < -0.4 is 4.90 Å². The zero-order valence-electron chi connectivity index (χ0n) is 13.6. The van der Waals surface area contributed by atoms with Crippen molar-refractivity contribution in [3.63, 3.8) is 0 Å². The summed E-state index contributed by atoms with van der Waals surface area (Å²) in [4.78, 5) is 6.48. The van der Waals surface area contributed by atoms with E-state index in [0.29, 0.717) is 0 Å². The first-order chi connectivity index (χ1) is 11.1. The summed E-state index contributed by atoms with van der Waals surface area (Å²) in [6, 6.07) is 19.4. The molecule has 0 N–H and O–H groups in total. The number of anilines is 2. The second-order valence-corrected chi connectivity index (χ2v) is 5.99. The van der Waals surface area contributed by atoms with Crippen molar-refractivity contribution >= 4 is 33.2 Å². The van der Waals surface area contributed by atoms with Crippen molar-refractivity contribution in [2.75, 3.05) is 11.9 Å². The Balaban J connectivity index is 1.90. The number of fused-ring (bicyclic) bond motifs is 3.